The van der Waals surface area contributed by atoms with Gasteiger partial charge in [-0.1, -0.05) is 6.07 Å². The monoisotopic (exact) mass is 434 g/mol. The SMILES string of the molecule is Cc1cc(C(=O)N2CCCC2C(=O)NCc2ccc(-n3cccn3)nc2)ccc1[N+](=O)[O-]. The van der Waals surface area contributed by atoms with Crippen LogP contribution in [0, 0.1) is 17.0 Å². The Morgan fingerprint density at radius 3 is 2.78 bits per heavy atom. The third-order valence-corrected chi connectivity index (χ3v) is 5.47. The summed E-state index contributed by atoms with van der Waals surface area (Å²) in [6.07, 6.45) is 6.43. The van der Waals surface area contributed by atoms with Gasteiger partial charge in [-0.2, -0.15) is 5.10 Å². The Kier molecular flexibility index (Phi) is 5.93. The maximum Gasteiger partial charge on any atom is 0.272 e. The summed E-state index contributed by atoms with van der Waals surface area (Å²) in [4.78, 5) is 42.2. The van der Waals surface area contributed by atoms with Crippen molar-refractivity contribution < 1.29 is 14.5 Å². The lowest BCUT2D eigenvalue weighted by atomic mass is 10.1. The van der Waals surface area contributed by atoms with E-state index in [0.29, 0.717) is 36.5 Å². The first-order valence-electron chi connectivity index (χ1n) is 10.2. The Bertz CT molecular complexity index is 1140. The van der Waals surface area contributed by atoms with Crippen molar-refractivity contribution in [1.82, 2.24) is 25.0 Å². The molecule has 0 saturated carbocycles. The quantitative estimate of drug-likeness (QED) is 0.469. The van der Waals surface area contributed by atoms with E-state index in [1.807, 2.05) is 18.2 Å². The average Bonchev–Trinajstić information content (AvgIpc) is 3.49. The van der Waals surface area contributed by atoms with Crippen LogP contribution in [0.25, 0.3) is 5.82 Å². The zero-order valence-corrected chi connectivity index (χ0v) is 17.5. The number of carbonyl (C=O) groups is 2. The van der Waals surface area contributed by atoms with E-state index in [4.69, 9.17) is 0 Å². The second-order valence-electron chi connectivity index (χ2n) is 7.61. The Balaban J connectivity index is 1.39. The summed E-state index contributed by atoms with van der Waals surface area (Å²) in [7, 11) is 0. The van der Waals surface area contributed by atoms with Crippen LogP contribution in [-0.2, 0) is 11.3 Å². The number of nitro benzene ring substituents is 1. The van der Waals surface area contributed by atoms with E-state index in [2.05, 4.69) is 15.4 Å². The van der Waals surface area contributed by atoms with E-state index in [9.17, 15) is 19.7 Å². The molecule has 0 spiro atoms. The van der Waals surface area contributed by atoms with Crippen molar-refractivity contribution in [2.45, 2.75) is 32.4 Å². The van der Waals surface area contributed by atoms with Gasteiger partial charge in [0, 0.05) is 48.9 Å². The molecule has 1 N–H and O–H groups in total. The standard InChI is InChI=1S/C22H22N6O4/c1-15-12-17(6-7-18(15)28(31)32)22(30)26-10-2-4-19(26)21(29)24-14-16-5-8-20(23-13-16)27-11-3-9-25-27/h3,5-9,11-13,19H,2,4,10,14H2,1H3,(H,24,29). The van der Waals surface area contributed by atoms with Crippen molar-refractivity contribution >= 4 is 17.5 Å². The Hall–Kier alpha value is -4.08. The highest BCUT2D eigenvalue weighted by Crippen LogP contribution is 2.24. The third-order valence-electron chi connectivity index (χ3n) is 5.47. The van der Waals surface area contributed by atoms with E-state index in [1.54, 1.807) is 30.2 Å². The fourth-order valence-electron chi connectivity index (χ4n) is 3.81. The van der Waals surface area contributed by atoms with Crippen LogP contribution < -0.4 is 5.32 Å². The molecule has 1 atom stereocenters. The second kappa shape index (κ2) is 8.96. The van der Waals surface area contributed by atoms with E-state index in [0.717, 1.165) is 12.0 Å². The molecule has 164 valence electrons. The number of pyridine rings is 1. The third kappa shape index (κ3) is 4.34. The molecule has 1 aromatic carbocycles. The van der Waals surface area contributed by atoms with Crippen LogP contribution in [0.5, 0.6) is 0 Å². The zero-order valence-electron chi connectivity index (χ0n) is 17.5. The molecular formula is C22H22N6O4. The minimum absolute atomic E-state index is 0.0375. The summed E-state index contributed by atoms with van der Waals surface area (Å²) >= 11 is 0. The molecule has 1 aliphatic heterocycles. The average molecular weight is 434 g/mol. The van der Waals surface area contributed by atoms with Crippen molar-refractivity contribution in [2.24, 2.45) is 0 Å². The van der Waals surface area contributed by atoms with Crippen molar-refractivity contribution in [3.63, 3.8) is 0 Å². The van der Waals surface area contributed by atoms with Crippen molar-refractivity contribution in [3.05, 3.63) is 81.8 Å². The Morgan fingerprint density at radius 2 is 2.12 bits per heavy atom. The van der Waals surface area contributed by atoms with Crippen LogP contribution in [0.2, 0.25) is 0 Å². The number of carbonyl (C=O) groups excluding carboxylic acids is 2. The fourth-order valence-corrected chi connectivity index (χ4v) is 3.81. The molecule has 3 heterocycles. The number of nitrogens with zero attached hydrogens (tertiary/aromatic N) is 5. The minimum atomic E-state index is -0.575. The molecule has 2 aromatic heterocycles. The first-order valence-corrected chi connectivity index (χ1v) is 10.2. The summed E-state index contributed by atoms with van der Waals surface area (Å²) in [6.45, 7) is 2.35. The summed E-state index contributed by atoms with van der Waals surface area (Å²) in [5.74, 6) is 0.146. The minimum Gasteiger partial charge on any atom is -0.350 e. The van der Waals surface area contributed by atoms with E-state index in [1.165, 1.54) is 23.1 Å². The number of aromatic nitrogens is 3. The largest absolute Gasteiger partial charge is 0.350 e. The van der Waals surface area contributed by atoms with E-state index >= 15 is 0 Å². The van der Waals surface area contributed by atoms with Crippen molar-refractivity contribution in [3.8, 4) is 5.82 Å². The number of rotatable bonds is 6. The number of hydrogen-bond acceptors (Lipinski definition) is 6. The second-order valence-corrected chi connectivity index (χ2v) is 7.61. The molecule has 10 nitrogen and oxygen atoms in total. The summed E-state index contributed by atoms with van der Waals surface area (Å²) in [5.41, 5.74) is 1.54. The van der Waals surface area contributed by atoms with Crippen LogP contribution in [0.3, 0.4) is 0 Å². The maximum atomic E-state index is 13.0. The predicted molar refractivity (Wildman–Crippen MR) is 115 cm³/mol. The van der Waals surface area contributed by atoms with Gasteiger partial charge in [0.15, 0.2) is 5.82 Å². The lowest BCUT2D eigenvalue weighted by Gasteiger charge is -2.24. The highest BCUT2D eigenvalue weighted by atomic mass is 16.6. The number of likely N-dealkylation sites (tertiary alicyclic amines) is 1. The van der Waals surface area contributed by atoms with Crippen molar-refractivity contribution in [2.75, 3.05) is 6.54 Å². The number of benzene rings is 1. The molecule has 0 radical (unpaired) electrons. The van der Waals surface area contributed by atoms with Crippen LogP contribution in [-0.4, -0.2) is 49.0 Å². The molecular weight excluding hydrogens is 412 g/mol. The van der Waals surface area contributed by atoms with Gasteiger partial charge in [0.2, 0.25) is 5.91 Å². The molecule has 10 heteroatoms. The molecule has 0 bridgehead atoms. The smallest absolute Gasteiger partial charge is 0.272 e. The van der Waals surface area contributed by atoms with Gasteiger partial charge in [0.25, 0.3) is 11.6 Å². The van der Waals surface area contributed by atoms with Gasteiger partial charge < -0.3 is 10.2 Å². The van der Waals surface area contributed by atoms with Crippen molar-refractivity contribution in [1.29, 1.82) is 0 Å². The fraction of sp³-hybridized carbons (Fsp3) is 0.273. The van der Waals surface area contributed by atoms with E-state index in [-0.39, 0.29) is 17.5 Å². The highest BCUT2D eigenvalue weighted by Gasteiger charge is 2.34. The molecule has 4 rings (SSSR count). The maximum absolute atomic E-state index is 13.0. The zero-order chi connectivity index (χ0) is 22.7. The van der Waals surface area contributed by atoms with Gasteiger partial charge >= 0.3 is 0 Å². The van der Waals surface area contributed by atoms with Crippen LogP contribution >= 0.6 is 0 Å². The first-order chi connectivity index (χ1) is 15.4. The van der Waals surface area contributed by atoms with Gasteiger partial charge in [0.05, 0.1) is 4.92 Å². The van der Waals surface area contributed by atoms with E-state index < -0.39 is 11.0 Å². The van der Waals surface area contributed by atoms with Crippen LogP contribution in [0.4, 0.5) is 5.69 Å². The molecule has 2 amide bonds. The lowest BCUT2D eigenvalue weighted by molar-refractivity contribution is -0.385. The summed E-state index contributed by atoms with van der Waals surface area (Å²) < 4.78 is 1.64. The molecule has 1 aliphatic rings. The molecule has 0 aliphatic carbocycles. The number of hydrogen-bond donors (Lipinski definition) is 1. The number of aryl methyl sites for hydroxylation is 1. The van der Waals surface area contributed by atoms with Gasteiger partial charge in [-0.3, -0.25) is 19.7 Å². The number of nitro groups is 1. The molecule has 1 fully saturated rings. The normalized spacial score (nSPS) is 15.5. The highest BCUT2D eigenvalue weighted by molar-refractivity contribution is 5.98. The topological polar surface area (TPSA) is 123 Å². The lowest BCUT2D eigenvalue weighted by Crippen LogP contribution is -2.45. The summed E-state index contributed by atoms with van der Waals surface area (Å²) in [5, 5.41) is 18.0. The van der Waals surface area contributed by atoms with Gasteiger partial charge in [0.1, 0.15) is 6.04 Å². The van der Waals surface area contributed by atoms with Gasteiger partial charge in [-0.15, -0.1) is 0 Å². The van der Waals surface area contributed by atoms with Crippen LogP contribution in [0.15, 0.2) is 55.0 Å². The van der Waals surface area contributed by atoms with Gasteiger partial charge in [-0.05, 0) is 49.6 Å². The first kappa shape index (κ1) is 21.2. The summed E-state index contributed by atoms with van der Waals surface area (Å²) in [6, 6.07) is 9.18. The Morgan fingerprint density at radius 1 is 1.28 bits per heavy atom. The molecule has 3 aromatic rings. The molecule has 1 unspecified atom stereocenters. The predicted octanol–water partition coefficient (Wildman–Crippen LogP) is 2.40. The molecule has 32 heavy (non-hydrogen) atoms. The number of amides is 2. The number of nitrogens with one attached hydrogen (secondary N) is 1. The Labute approximate surface area is 184 Å². The van der Waals surface area contributed by atoms with Crippen LogP contribution in [0.1, 0.15) is 34.3 Å². The van der Waals surface area contributed by atoms with Gasteiger partial charge in [-0.25, -0.2) is 9.67 Å². The molecule has 1 saturated heterocycles.